The van der Waals surface area contributed by atoms with E-state index in [1.54, 1.807) is 7.11 Å². The van der Waals surface area contributed by atoms with Gasteiger partial charge in [0.1, 0.15) is 16.6 Å². The van der Waals surface area contributed by atoms with Gasteiger partial charge in [-0.2, -0.15) is 0 Å². The van der Waals surface area contributed by atoms with Crippen LogP contribution in [0, 0.1) is 0 Å². The Morgan fingerprint density at radius 2 is 1.41 bits per heavy atom. The van der Waals surface area contributed by atoms with Crippen LogP contribution in [0.3, 0.4) is 0 Å². The van der Waals surface area contributed by atoms with Crippen molar-refractivity contribution in [1.82, 2.24) is 0 Å². The quantitative estimate of drug-likeness (QED) is 0.161. The number of halogens is 4. The van der Waals surface area contributed by atoms with Crippen LogP contribution in [-0.4, -0.2) is 20.7 Å². The van der Waals surface area contributed by atoms with E-state index in [1.165, 1.54) is 19.6 Å². The Kier molecular flexibility index (Phi) is 6.59. The molecule has 0 aromatic heterocycles. The smallest absolute Gasteiger partial charge is 0.496 e. The van der Waals surface area contributed by atoms with E-state index in [-0.39, 0.29) is 10.9 Å². The van der Waals surface area contributed by atoms with Crippen molar-refractivity contribution in [2.75, 3.05) is 7.11 Å². The van der Waals surface area contributed by atoms with Gasteiger partial charge in [0.2, 0.25) is 0 Å². The first-order chi connectivity index (χ1) is 13.8. The second kappa shape index (κ2) is 8.96. The molecule has 4 rings (SSSR count). The predicted molar refractivity (Wildman–Crippen MR) is 108 cm³/mol. The van der Waals surface area contributed by atoms with Crippen molar-refractivity contribution in [3.8, 4) is 5.75 Å². The van der Waals surface area contributed by atoms with Crippen molar-refractivity contribution < 1.29 is 26.8 Å². The lowest BCUT2D eigenvalue weighted by Gasteiger charge is -2.19. The maximum absolute atomic E-state index is 11.4. The summed E-state index contributed by atoms with van der Waals surface area (Å²) >= 11 is 1.81. The molecule has 3 aromatic carbocycles. The molecule has 150 valence electrons. The Morgan fingerprint density at radius 1 is 0.897 bits per heavy atom. The summed E-state index contributed by atoms with van der Waals surface area (Å²) in [5, 5.41) is 0. The van der Waals surface area contributed by atoms with E-state index in [9.17, 15) is 22.1 Å². The van der Waals surface area contributed by atoms with Gasteiger partial charge >= 0.3 is 7.25 Å². The highest BCUT2D eigenvalue weighted by atomic mass is 32.2. The Labute approximate surface area is 172 Å². The zero-order chi connectivity index (χ0) is 21.0. The molecule has 0 N–H and O–H groups in total. The fraction of sp³-hybridized carbons (Fsp3) is 0.0500. The number of ether oxygens (including phenoxy) is 1. The lowest BCUT2D eigenvalue weighted by atomic mass is 10.2. The molecule has 0 saturated carbocycles. The van der Waals surface area contributed by atoms with Crippen molar-refractivity contribution in [2.24, 2.45) is 0 Å². The first-order valence-electron chi connectivity index (χ1n) is 8.42. The molecule has 0 bridgehead atoms. The van der Waals surface area contributed by atoms with Crippen LogP contribution < -0.4 is 4.74 Å². The largest absolute Gasteiger partial charge is 0.673 e. The average molecular weight is 438 g/mol. The van der Waals surface area contributed by atoms with Gasteiger partial charge in [-0.05, 0) is 36.4 Å². The lowest BCUT2D eigenvalue weighted by Crippen LogP contribution is -2.11. The molecule has 3 aromatic rings. The fourth-order valence-electron chi connectivity index (χ4n) is 2.83. The highest BCUT2D eigenvalue weighted by Gasteiger charge is 2.38. The maximum atomic E-state index is 11.4. The van der Waals surface area contributed by atoms with E-state index in [1.807, 2.05) is 23.9 Å². The molecule has 9 heteroatoms. The highest BCUT2D eigenvalue weighted by Crippen LogP contribution is 2.48. The van der Waals surface area contributed by atoms with Gasteiger partial charge in [0, 0.05) is 6.07 Å². The number of benzene rings is 3. The maximum Gasteiger partial charge on any atom is 0.673 e. The zero-order valence-electron chi connectivity index (χ0n) is 15.2. The average Bonchev–Trinajstić information content (AvgIpc) is 2.70. The van der Waals surface area contributed by atoms with Crippen molar-refractivity contribution in [3.63, 3.8) is 0 Å². The summed E-state index contributed by atoms with van der Waals surface area (Å²) in [6, 6.07) is 22.9. The van der Waals surface area contributed by atoms with Gasteiger partial charge in [0.05, 0.1) is 22.5 Å². The van der Waals surface area contributed by atoms with E-state index in [0.29, 0.717) is 11.3 Å². The van der Waals surface area contributed by atoms with Crippen LogP contribution in [0.4, 0.5) is 17.3 Å². The Bertz CT molecular complexity index is 976. The molecule has 1 aliphatic heterocycles. The monoisotopic (exact) mass is 438 g/mol. The number of rotatable bonds is 3. The van der Waals surface area contributed by atoms with Crippen LogP contribution in [0.15, 0.2) is 91.2 Å². The van der Waals surface area contributed by atoms with Crippen LogP contribution in [0.2, 0.25) is 0 Å². The van der Waals surface area contributed by atoms with E-state index in [0.717, 1.165) is 11.2 Å². The van der Waals surface area contributed by atoms with Gasteiger partial charge in [0.15, 0.2) is 21.0 Å². The first kappa shape index (κ1) is 21.3. The summed E-state index contributed by atoms with van der Waals surface area (Å²) in [5.74, 6) is 0.616. The minimum absolute atomic E-state index is 0.215. The van der Waals surface area contributed by atoms with Crippen LogP contribution in [-0.2, 0) is 10.9 Å². The van der Waals surface area contributed by atoms with Gasteiger partial charge in [0.25, 0.3) is 0 Å². The van der Waals surface area contributed by atoms with Crippen molar-refractivity contribution >= 4 is 36.2 Å². The lowest BCUT2D eigenvalue weighted by molar-refractivity contribution is 0.112. The highest BCUT2D eigenvalue weighted by molar-refractivity contribution is 8.04. The Morgan fingerprint density at radius 3 is 1.90 bits per heavy atom. The van der Waals surface area contributed by atoms with Crippen molar-refractivity contribution in [1.29, 1.82) is 0 Å². The number of carbonyl (C=O) groups is 1. The summed E-state index contributed by atoms with van der Waals surface area (Å²) in [7, 11) is -4.63. The number of aldehydes is 1. The van der Waals surface area contributed by atoms with Crippen LogP contribution in [0.1, 0.15) is 10.4 Å². The zero-order valence-corrected chi connectivity index (χ0v) is 16.8. The number of hydrogen-bond donors (Lipinski definition) is 0. The Balaban J connectivity index is 0.000000431. The molecular formula is C20H15BF4O2S2. The third-order valence-electron chi connectivity index (χ3n) is 3.92. The summed E-state index contributed by atoms with van der Waals surface area (Å²) in [6.45, 7) is 0. The number of hydrogen-bond acceptors (Lipinski definition) is 3. The number of methoxy groups -OCH3 is 1. The van der Waals surface area contributed by atoms with Gasteiger partial charge in [-0.15, -0.1) is 0 Å². The van der Waals surface area contributed by atoms with Gasteiger partial charge in [-0.25, -0.2) is 0 Å². The summed E-state index contributed by atoms with van der Waals surface area (Å²) in [4.78, 5) is 17.7. The third-order valence-corrected chi connectivity index (χ3v) is 7.65. The van der Waals surface area contributed by atoms with E-state index >= 15 is 0 Å². The van der Waals surface area contributed by atoms with Gasteiger partial charge < -0.3 is 22.0 Å². The SMILES string of the molecule is COc1ccc([S+]2c3ccccc3Sc3ccccc32)cc1C=O.F[B-](F)(F)F. The van der Waals surface area contributed by atoms with E-state index in [2.05, 4.69) is 54.6 Å². The summed E-state index contributed by atoms with van der Waals surface area (Å²) in [5.41, 5.74) is 0.593. The molecule has 1 aliphatic rings. The fourth-order valence-corrected chi connectivity index (χ4v) is 6.61. The number of fused-ring (bicyclic) bond motifs is 2. The second-order valence-electron chi connectivity index (χ2n) is 5.82. The van der Waals surface area contributed by atoms with Gasteiger partial charge in [-0.3, -0.25) is 4.79 Å². The number of carbonyl (C=O) groups excluding carboxylic acids is 1. The molecule has 29 heavy (non-hydrogen) atoms. The van der Waals surface area contributed by atoms with Crippen LogP contribution in [0.25, 0.3) is 0 Å². The Hall–Kier alpha value is -2.39. The second-order valence-corrected chi connectivity index (χ2v) is 8.87. The normalized spacial score (nSPS) is 12.9. The molecule has 0 amide bonds. The molecule has 1 heterocycles. The van der Waals surface area contributed by atoms with Crippen molar-refractivity contribution in [2.45, 2.75) is 24.5 Å². The van der Waals surface area contributed by atoms with E-state index in [4.69, 9.17) is 4.74 Å². The molecule has 0 atom stereocenters. The summed E-state index contributed by atoms with van der Waals surface area (Å²) < 4.78 is 44.3. The third kappa shape index (κ3) is 5.16. The first-order valence-corrected chi connectivity index (χ1v) is 10.5. The molecule has 0 fully saturated rings. The summed E-state index contributed by atoms with van der Waals surface area (Å²) in [6.07, 6.45) is 0.863. The predicted octanol–water partition coefficient (Wildman–Crippen LogP) is 6.37. The molecule has 0 aliphatic carbocycles. The minimum atomic E-state index is -6.00. The van der Waals surface area contributed by atoms with Crippen LogP contribution >= 0.6 is 11.8 Å². The minimum Gasteiger partial charge on any atom is -0.496 e. The van der Waals surface area contributed by atoms with Crippen LogP contribution in [0.5, 0.6) is 5.75 Å². The topological polar surface area (TPSA) is 26.3 Å². The molecule has 2 nitrogen and oxygen atoms in total. The van der Waals surface area contributed by atoms with Gasteiger partial charge in [-0.1, -0.05) is 36.0 Å². The molecular weight excluding hydrogens is 423 g/mol. The molecule has 0 radical (unpaired) electrons. The molecule has 0 saturated heterocycles. The van der Waals surface area contributed by atoms with Crippen molar-refractivity contribution in [3.05, 3.63) is 72.3 Å². The molecule has 0 spiro atoms. The van der Waals surface area contributed by atoms with E-state index < -0.39 is 7.25 Å². The standard InChI is InChI=1S/C20H15O2S2.BF4/c1-22-16-11-10-15(12-14(16)13-21)24-19-8-4-2-6-17(19)23-18-7-3-5-9-20(18)24;2-1(3,4)5/h2-13H,1H3;/q+1;-1. The molecule has 0 unspecified atom stereocenters.